The summed E-state index contributed by atoms with van der Waals surface area (Å²) in [6, 6.07) is 154. The molecule has 0 N–H and O–H groups in total. The van der Waals surface area contributed by atoms with Crippen molar-refractivity contribution in [3.63, 3.8) is 0 Å². The smallest absolute Gasteiger partial charge is 0.164 e. The largest absolute Gasteiger partial charge is 0.256 e. The summed E-state index contributed by atoms with van der Waals surface area (Å²) in [4.78, 5) is 59.2. The molecule has 0 fully saturated rings. The Hall–Kier alpha value is -17.7. The first-order chi connectivity index (χ1) is 64.4. The van der Waals surface area contributed by atoms with Crippen molar-refractivity contribution < 1.29 is 0 Å². The normalized spacial score (nSPS) is 11.2. The molecule has 0 aliphatic heterocycles. The van der Waals surface area contributed by atoms with Crippen LogP contribution < -0.4 is 0 Å². The number of benzene rings is 17. The zero-order valence-corrected chi connectivity index (χ0v) is 70.2. The van der Waals surface area contributed by atoms with Crippen molar-refractivity contribution in [3.05, 3.63) is 461 Å². The van der Waals surface area contributed by atoms with E-state index in [1.165, 1.54) is 21.7 Å². The predicted octanol–water partition coefficient (Wildman–Crippen LogP) is 29.2. The zero-order chi connectivity index (χ0) is 86.5. The summed E-state index contributed by atoms with van der Waals surface area (Å²) < 4.78 is 0. The molecule has 17 aromatic carbocycles. The Morgan fingerprint density at radius 1 is 0.138 bits per heavy atom. The first-order valence-electron chi connectivity index (χ1n) is 43.3. The van der Waals surface area contributed by atoms with Gasteiger partial charge in [0, 0.05) is 106 Å². The molecular formula is C118H76N12. The number of fused-ring (bicyclic) bond motifs is 9. The maximum atomic E-state index is 5.17. The van der Waals surface area contributed by atoms with Gasteiger partial charge in [-0.05, 0) is 115 Å². The second-order valence-corrected chi connectivity index (χ2v) is 31.9. The van der Waals surface area contributed by atoms with Crippen LogP contribution in [0.25, 0.3) is 234 Å². The van der Waals surface area contributed by atoms with Crippen molar-refractivity contribution in [2.24, 2.45) is 0 Å². The van der Waals surface area contributed by atoms with E-state index in [0.29, 0.717) is 40.8 Å². The third-order valence-electron chi connectivity index (χ3n) is 23.6. The molecule has 7 heterocycles. The second kappa shape index (κ2) is 35.1. The standard InChI is InChI=1S/C47H31N3.C38H24N4.C33H21N5/c1-3-11-32(12-4-1)38-16-9-18-40(29-38)45-31-44(49-47(50-45)41-19-10-17-39(30-41)33-13-5-2-6-14-33)36-24-22-35(23-25-36)43-28-27-37-26-21-34-15-7-8-20-42(34)46(37)48-43;1-3-9-30-23-32(20-14-25(30)7-1)37-40-36(41-38(42-37)33-21-15-26-8-2-4-10-31(26)24-33)29-18-16-27(17-19-29)34-13-5-11-28-12-6-22-39-35(28)34;1-3-10-23(11-4-1)31-36-32(24-12-5-2-6-13-24)38-33(37-31)25-19-17-22(18-20-25)29-27-15-9-21-34-30(27)26-14-7-8-16-28(26)35-29/h1-31H;1-24H;1-21H. The summed E-state index contributed by atoms with van der Waals surface area (Å²) in [5.74, 6) is 4.54. The van der Waals surface area contributed by atoms with Crippen molar-refractivity contribution >= 4 is 75.9 Å². The Labute approximate surface area is 750 Å². The minimum absolute atomic E-state index is 0.627. The quantitative estimate of drug-likeness (QED) is 0.0952. The van der Waals surface area contributed by atoms with Gasteiger partial charge in [-0.2, -0.15) is 0 Å². The molecule has 24 rings (SSSR count). The fraction of sp³-hybridized carbons (Fsp3) is 0. The molecule has 12 nitrogen and oxygen atoms in total. The number of aromatic nitrogens is 12. The predicted molar refractivity (Wildman–Crippen MR) is 532 cm³/mol. The highest BCUT2D eigenvalue weighted by atomic mass is 15.0. The lowest BCUT2D eigenvalue weighted by atomic mass is 9.99. The summed E-state index contributed by atoms with van der Waals surface area (Å²) >= 11 is 0. The molecule has 0 atom stereocenters. The van der Waals surface area contributed by atoms with Crippen LogP contribution in [0.3, 0.4) is 0 Å². The molecule has 0 radical (unpaired) electrons. The monoisotopic (exact) mass is 1660 g/mol. The first-order valence-corrected chi connectivity index (χ1v) is 43.3. The molecule has 0 spiro atoms. The van der Waals surface area contributed by atoms with Crippen LogP contribution in [-0.2, 0) is 0 Å². The van der Waals surface area contributed by atoms with E-state index in [9.17, 15) is 0 Å². The number of hydrogen-bond acceptors (Lipinski definition) is 12. The molecule has 130 heavy (non-hydrogen) atoms. The summed E-state index contributed by atoms with van der Waals surface area (Å²) in [5.41, 5.74) is 25.0. The number of hydrogen-bond donors (Lipinski definition) is 0. The van der Waals surface area contributed by atoms with E-state index in [4.69, 9.17) is 49.8 Å². The molecule has 0 saturated heterocycles. The van der Waals surface area contributed by atoms with E-state index in [-0.39, 0.29) is 0 Å². The van der Waals surface area contributed by atoms with E-state index in [2.05, 4.69) is 344 Å². The van der Waals surface area contributed by atoms with Crippen LogP contribution in [0.4, 0.5) is 0 Å². The van der Waals surface area contributed by atoms with Gasteiger partial charge in [0.2, 0.25) is 0 Å². The van der Waals surface area contributed by atoms with Crippen LogP contribution in [0.2, 0.25) is 0 Å². The first kappa shape index (κ1) is 78.3. The van der Waals surface area contributed by atoms with Gasteiger partial charge in [0.1, 0.15) is 0 Å². The fourth-order valence-corrected chi connectivity index (χ4v) is 16.9. The molecule has 7 aromatic heterocycles. The van der Waals surface area contributed by atoms with Crippen molar-refractivity contribution in [1.29, 1.82) is 0 Å². The summed E-state index contributed by atoms with van der Waals surface area (Å²) in [6.45, 7) is 0. The van der Waals surface area contributed by atoms with Crippen LogP contribution in [0.5, 0.6) is 0 Å². The van der Waals surface area contributed by atoms with Crippen LogP contribution in [0.1, 0.15) is 0 Å². The van der Waals surface area contributed by atoms with Gasteiger partial charge in [0.25, 0.3) is 0 Å². The molecular weight excluding hydrogens is 1590 g/mol. The summed E-state index contributed by atoms with van der Waals surface area (Å²) in [6.07, 6.45) is 3.67. The van der Waals surface area contributed by atoms with Crippen molar-refractivity contribution in [2.75, 3.05) is 0 Å². The number of para-hydroxylation sites is 2. The van der Waals surface area contributed by atoms with E-state index in [0.717, 1.165) is 172 Å². The highest BCUT2D eigenvalue weighted by Gasteiger charge is 2.20. The van der Waals surface area contributed by atoms with Gasteiger partial charge < -0.3 is 0 Å². The minimum atomic E-state index is 0.627. The van der Waals surface area contributed by atoms with Gasteiger partial charge in [0.05, 0.1) is 44.8 Å². The Balaban J connectivity index is 0.000000116. The zero-order valence-electron chi connectivity index (χ0n) is 70.2. The average Bonchev–Trinajstić information content (AvgIpc) is 0.510. The Bertz CT molecular complexity index is 8070. The maximum Gasteiger partial charge on any atom is 0.164 e. The van der Waals surface area contributed by atoms with Crippen molar-refractivity contribution in [3.8, 4) is 158 Å². The highest BCUT2D eigenvalue weighted by Crippen LogP contribution is 2.39. The molecule has 12 heteroatoms. The van der Waals surface area contributed by atoms with E-state index in [1.807, 2.05) is 128 Å². The topological polar surface area (TPSA) is 155 Å². The Morgan fingerprint density at radius 3 is 1.07 bits per heavy atom. The van der Waals surface area contributed by atoms with Crippen LogP contribution in [0, 0.1) is 0 Å². The van der Waals surface area contributed by atoms with E-state index >= 15 is 0 Å². The third-order valence-corrected chi connectivity index (χ3v) is 23.6. The van der Waals surface area contributed by atoms with Gasteiger partial charge in [-0.3, -0.25) is 9.97 Å². The Kier molecular flexibility index (Phi) is 21.1. The van der Waals surface area contributed by atoms with E-state index < -0.39 is 0 Å². The number of rotatable bonds is 14. The molecule has 0 bridgehead atoms. The van der Waals surface area contributed by atoms with Gasteiger partial charge in [-0.1, -0.05) is 388 Å². The summed E-state index contributed by atoms with van der Waals surface area (Å²) in [7, 11) is 0. The highest BCUT2D eigenvalue weighted by molar-refractivity contribution is 6.09. The molecule has 0 saturated carbocycles. The fourth-order valence-electron chi connectivity index (χ4n) is 16.9. The lowest BCUT2D eigenvalue weighted by molar-refractivity contribution is 1.07. The third kappa shape index (κ3) is 16.3. The molecule has 608 valence electrons. The van der Waals surface area contributed by atoms with Crippen LogP contribution in [0.15, 0.2) is 461 Å². The Morgan fingerprint density at radius 2 is 0.485 bits per heavy atom. The van der Waals surface area contributed by atoms with Gasteiger partial charge >= 0.3 is 0 Å². The average molecular weight is 1660 g/mol. The van der Waals surface area contributed by atoms with Crippen molar-refractivity contribution in [1.82, 2.24) is 59.8 Å². The molecule has 24 aromatic rings. The maximum absolute atomic E-state index is 5.17. The second-order valence-electron chi connectivity index (χ2n) is 31.9. The molecule has 0 amide bonds. The van der Waals surface area contributed by atoms with Crippen LogP contribution >= 0.6 is 0 Å². The number of nitrogens with zero attached hydrogens (tertiary/aromatic N) is 12. The van der Waals surface area contributed by atoms with Gasteiger partial charge in [-0.25, -0.2) is 49.8 Å². The SMILES string of the molecule is c1ccc(-c2cccc(-c3cc(-c4ccc(-c5ccc6ccc7ccccc7c6n5)cc4)nc(-c4cccc(-c5ccccc5)c4)n3)c2)cc1.c1ccc(-c2nc(-c3ccccc3)nc(-c3ccc(-c4nc5ccccc5c5ncccc45)cc3)n2)cc1.c1ccc2cc(-c3nc(-c4ccc(-c5cccc6cccnc56)cc4)nc(-c4ccc5ccccc5c4)n3)ccc2c1. The van der Waals surface area contributed by atoms with Crippen molar-refractivity contribution in [2.45, 2.75) is 0 Å². The molecule has 0 unspecified atom stereocenters. The van der Waals surface area contributed by atoms with E-state index in [1.54, 1.807) is 0 Å². The molecule has 0 aliphatic carbocycles. The summed E-state index contributed by atoms with van der Waals surface area (Å²) in [5, 5.41) is 11.4. The number of pyridine rings is 4. The lowest BCUT2D eigenvalue weighted by Crippen LogP contribution is -2.00. The molecule has 0 aliphatic rings. The van der Waals surface area contributed by atoms with Gasteiger partial charge in [0.15, 0.2) is 40.8 Å². The lowest BCUT2D eigenvalue weighted by Gasteiger charge is -2.12. The van der Waals surface area contributed by atoms with Gasteiger partial charge in [-0.15, -0.1) is 0 Å². The van der Waals surface area contributed by atoms with Crippen LogP contribution in [-0.4, -0.2) is 59.8 Å². The minimum Gasteiger partial charge on any atom is -0.256 e.